The van der Waals surface area contributed by atoms with Crippen LogP contribution >= 0.6 is 0 Å². The van der Waals surface area contributed by atoms with E-state index in [-0.39, 0.29) is 52.7 Å². The van der Waals surface area contributed by atoms with Gasteiger partial charge >= 0.3 is 5.97 Å². The number of aryl methyl sites for hydroxylation is 1. The van der Waals surface area contributed by atoms with Crippen LogP contribution in [0.1, 0.15) is 98.1 Å². The van der Waals surface area contributed by atoms with Gasteiger partial charge in [-0.15, -0.1) is 11.8 Å². The molecule has 0 saturated heterocycles. The van der Waals surface area contributed by atoms with Crippen LogP contribution in [0.15, 0.2) is 30.4 Å². The molecule has 0 radical (unpaired) electrons. The molecule has 0 N–H and O–H groups in total. The molecular formula is C39H64O7Si2. The molecule has 0 amide bonds. The zero-order chi connectivity index (χ0) is 36.5. The fourth-order valence-electron chi connectivity index (χ4n) is 5.53. The summed E-state index contributed by atoms with van der Waals surface area (Å²) in [6.07, 6.45) is 6.50. The number of esters is 1. The quantitative estimate of drug-likeness (QED) is 0.0559. The van der Waals surface area contributed by atoms with Crippen molar-refractivity contribution in [2.75, 3.05) is 21.0 Å². The van der Waals surface area contributed by atoms with Crippen LogP contribution in [-0.2, 0) is 34.3 Å². The summed E-state index contributed by atoms with van der Waals surface area (Å²) in [7, 11) is -1.38. The van der Waals surface area contributed by atoms with Crippen LogP contribution in [-0.4, -0.2) is 61.6 Å². The Morgan fingerprint density at radius 1 is 1.04 bits per heavy atom. The number of hydrogen-bond acceptors (Lipinski definition) is 7. The molecule has 0 aromatic heterocycles. The van der Waals surface area contributed by atoms with Gasteiger partial charge in [0.2, 0.25) is 0 Å². The summed E-state index contributed by atoms with van der Waals surface area (Å²) in [5.74, 6) is 6.31. The van der Waals surface area contributed by atoms with Crippen molar-refractivity contribution in [2.45, 2.75) is 142 Å². The first-order chi connectivity index (χ1) is 22.2. The van der Waals surface area contributed by atoms with Crippen molar-refractivity contribution >= 4 is 28.4 Å². The summed E-state index contributed by atoms with van der Waals surface area (Å²) in [6, 6.07) is 5.97. The summed E-state index contributed by atoms with van der Waals surface area (Å²) >= 11 is 0. The lowest BCUT2D eigenvalue weighted by Crippen LogP contribution is -2.45. The van der Waals surface area contributed by atoms with Gasteiger partial charge in [0, 0.05) is 37.9 Å². The minimum atomic E-state index is -2.23. The topological polar surface area (TPSA) is 80.3 Å². The second-order valence-electron chi connectivity index (χ2n) is 16.3. The number of benzene rings is 1. The molecule has 1 fully saturated rings. The molecular weight excluding hydrogens is 637 g/mol. The number of Topliss-reactive ketones (excluding diaryl/α,β-unsaturated/α-hetero) is 1. The van der Waals surface area contributed by atoms with Crippen LogP contribution < -0.4 is 4.74 Å². The Morgan fingerprint density at radius 2 is 1.69 bits per heavy atom. The van der Waals surface area contributed by atoms with Crippen molar-refractivity contribution in [3.05, 3.63) is 41.5 Å². The highest BCUT2D eigenvalue weighted by molar-refractivity contribution is 6.74. The Bertz CT molecular complexity index is 1310. The lowest BCUT2D eigenvalue weighted by Gasteiger charge is -2.41. The number of carbonyl (C=O) groups is 2. The minimum absolute atomic E-state index is 0.0179. The molecule has 1 aliphatic carbocycles. The molecule has 7 nitrogen and oxygen atoms in total. The van der Waals surface area contributed by atoms with Gasteiger partial charge in [0.25, 0.3) is 0 Å². The van der Waals surface area contributed by atoms with Gasteiger partial charge < -0.3 is 23.1 Å². The van der Waals surface area contributed by atoms with E-state index in [2.05, 4.69) is 98.6 Å². The Hall–Kier alpha value is -2.23. The number of methoxy groups -OCH3 is 2. The molecule has 1 aromatic rings. The number of ketones is 1. The zero-order valence-corrected chi connectivity index (χ0v) is 34.4. The van der Waals surface area contributed by atoms with Crippen molar-refractivity contribution in [3.63, 3.8) is 0 Å². The van der Waals surface area contributed by atoms with E-state index in [4.69, 9.17) is 23.1 Å². The molecule has 48 heavy (non-hydrogen) atoms. The van der Waals surface area contributed by atoms with E-state index >= 15 is 0 Å². The Kier molecular flexibility index (Phi) is 15.4. The average molecular weight is 701 g/mol. The van der Waals surface area contributed by atoms with E-state index in [0.717, 1.165) is 17.5 Å². The lowest BCUT2D eigenvalue weighted by atomic mass is 9.84. The molecule has 2 rings (SSSR count). The van der Waals surface area contributed by atoms with E-state index in [1.54, 1.807) is 7.11 Å². The molecule has 0 bridgehead atoms. The van der Waals surface area contributed by atoms with Crippen LogP contribution in [0, 0.1) is 23.7 Å². The normalized spacial score (nSPS) is 20.4. The largest absolute Gasteiger partial charge is 0.469 e. The lowest BCUT2D eigenvalue weighted by molar-refractivity contribution is -0.140. The summed E-state index contributed by atoms with van der Waals surface area (Å²) in [5.41, 5.74) is 1.76. The van der Waals surface area contributed by atoms with Gasteiger partial charge in [0.1, 0.15) is 11.5 Å². The fraction of sp³-hybridized carbons (Fsp3) is 0.692. The van der Waals surface area contributed by atoms with Crippen LogP contribution in [0.3, 0.4) is 0 Å². The standard InChI is InChI=1S/C39H64O7Si2/c1-15-16-19-28(2)33(45-47(11,12)38(3,4)5)25-24-30-34(46-48(13,14)39(6,7)8)26-32(40)36(30)31-22-17-20-29(37(31)44-27-42-9)21-18-23-35(41)43-10/h17,20,22,24-25,28,30,33-34,36H,18-19,21,23,26-27H2,1-14H3/b25-24+/t28?,30-,33?,34+,36-/m0/s1. The highest BCUT2D eigenvalue weighted by Crippen LogP contribution is 2.48. The van der Waals surface area contributed by atoms with Crippen LogP contribution in [0.25, 0.3) is 0 Å². The maximum Gasteiger partial charge on any atom is 0.305 e. The third-order valence-electron chi connectivity index (χ3n) is 10.6. The van der Waals surface area contributed by atoms with Crippen molar-refractivity contribution in [3.8, 4) is 17.6 Å². The highest BCUT2D eigenvalue weighted by Gasteiger charge is 2.49. The Morgan fingerprint density at radius 3 is 2.25 bits per heavy atom. The molecule has 0 spiro atoms. The van der Waals surface area contributed by atoms with E-state index in [0.29, 0.717) is 31.4 Å². The first-order valence-electron chi connectivity index (χ1n) is 17.5. The molecule has 9 heteroatoms. The molecule has 1 aliphatic rings. The first kappa shape index (κ1) is 41.9. The molecule has 270 valence electrons. The van der Waals surface area contributed by atoms with Crippen molar-refractivity contribution in [2.24, 2.45) is 11.8 Å². The Labute approximate surface area is 294 Å². The maximum atomic E-state index is 14.2. The van der Waals surface area contributed by atoms with E-state index < -0.39 is 22.6 Å². The van der Waals surface area contributed by atoms with Crippen LogP contribution in [0.4, 0.5) is 0 Å². The van der Waals surface area contributed by atoms with E-state index in [9.17, 15) is 9.59 Å². The van der Waals surface area contributed by atoms with Crippen molar-refractivity contribution < 1.29 is 32.7 Å². The third-order valence-corrected chi connectivity index (χ3v) is 19.6. The fourth-order valence-corrected chi connectivity index (χ4v) is 8.22. The van der Waals surface area contributed by atoms with E-state index in [1.165, 1.54) is 7.11 Å². The first-order valence-corrected chi connectivity index (χ1v) is 23.3. The predicted molar refractivity (Wildman–Crippen MR) is 200 cm³/mol. The maximum absolute atomic E-state index is 14.2. The number of rotatable bonds is 16. The summed E-state index contributed by atoms with van der Waals surface area (Å²) < 4.78 is 30.5. The average Bonchev–Trinajstić information content (AvgIpc) is 3.28. The second-order valence-corrected chi connectivity index (χ2v) is 25.8. The van der Waals surface area contributed by atoms with Gasteiger partial charge in [-0.2, -0.15) is 0 Å². The van der Waals surface area contributed by atoms with Gasteiger partial charge in [0.15, 0.2) is 23.4 Å². The monoisotopic (exact) mass is 700 g/mol. The smallest absolute Gasteiger partial charge is 0.305 e. The summed E-state index contributed by atoms with van der Waals surface area (Å²) in [6.45, 7) is 26.6. The zero-order valence-electron chi connectivity index (χ0n) is 32.4. The molecule has 1 aromatic carbocycles. The SMILES string of the molecule is CC#CCC(C)C(/C=C/[C@@H]1[C@@H](c2cccc(CCCC(=O)OC)c2OCOC)C(=O)C[C@H]1O[Si](C)(C)C(C)(C)C)O[Si](C)(C)C(C)(C)C. The van der Waals surface area contributed by atoms with Crippen LogP contribution in [0.2, 0.25) is 36.3 Å². The van der Waals surface area contributed by atoms with Crippen molar-refractivity contribution in [1.29, 1.82) is 0 Å². The Balaban J connectivity index is 2.71. The number of para-hydroxylation sites is 1. The molecule has 5 atom stereocenters. The van der Waals surface area contributed by atoms with Crippen LogP contribution in [0.5, 0.6) is 5.75 Å². The minimum Gasteiger partial charge on any atom is -0.469 e. The van der Waals surface area contributed by atoms with Crippen molar-refractivity contribution in [1.82, 2.24) is 0 Å². The van der Waals surface area contributed by atoms with Gasteiger partial charge in [-0.25, -0.2) is 0 Å². The van der Waals surface area contributed by atoms with E-state index in [1.807, 2.05) is 25.1 Å². The third kappa shape index (κ3) is 11.1. The number of carbonyl (C=O) groups excluding carboxylic acids is 2. The second kappa shape index (κ2) is 17.6. The number of hydrogen-bond donors (Lipinski definition) is 0. The molecule has 0 aliphatic heterocycles. The molecule has 2 unspecified atom stereocenters. The highest BCUT2D eigenvalue weighted by atomic mass is 28.4. The predicted octanol–water partition coefficient (Wildman–Crippen LogP) is 9.22. The van der Waals surface area contributed by atoms with Gasteiger partial charge in [-0.1, -0.05) is 78.8 Å². The van der Waals surface area contributed by atoms with Gasteiger partial charge in [-0.05, 0) is 67.5 Å². The number of ether oxygens (including phenoxy) is 3. The summed E-state index contributed by atoms with van der Waals surface area (Å²) in [4.78, 5) is 26.1. The molecule has 0 heterocycles. The van der Waals surface area contributed by atoms with Gasteiger partial charge in [0.05, 0.1) is 25.2 Å². The van der Waals surface area contributed by atoms with Gasteiger partial charge in [-0.3, -0.25) is 9.59 Å². The summed E-state index contributed by atoms with van der Waals surface area (Å²) in [5, 5.41) is 0.0208. The molecule has 1 saturated carbocycles.